The SMILES string of the molecule is CC(N)C(C)C(=O)Nc1ccc(C(=O)NCCN2CCCC2)cc1.Cl.Cl. The van der Waals surface area contributed by atoms with Crippen molar-refractivity contribution in [3.8, 4) is 0 Å². The first-order chi connectivity index (χ1) is 11.5. The van der Waals surface area contributed by atoms with Gasteiger partial charge < -0.3 is 21.3 Å². The van der Waals surface area contributed by atoms with Gasteiger partial charge in [-0.3, -0.25) is 9.59 Å². The number of anilines is 1. The summed E-state index contributed by atoms with van der Waals surface area (Å²) in [5, 5.41) is 5.75. The van der Waals surface area contributed by atoms with Crippen LogP contribution in [0.25, 0.3) is 0 Å². The number of hydrogen-bond acceptors (Lipinski definition) is 4. The van der Waals surface area contributed by atoms with Gasteiger partial charge in [0.1, 0.15) is 0 Å². The molecule has 1 aliphatic rings. The Balaban J connectivity index is 0.00000312. The normalized spacial score (nSPS) is 16.0. The molecular formula is C18H30Cl2N4O2. The zero-order valence-electron chi connectivity index (χ0n) is 15.4. The summed E-state index contributed by atoms with van der Waals surface area (Å²) in [6.45, 7) is 7.41. The van der Waals surface area contributed by atoms with Crippen LogP contribution >= 0.6 is 24.8 Å². The van der Waals surface area contributed by atoms with Gasteiger partial charge in [-0.05, 0) is 57.1 Å². The predicted octanol–water partition coefficient (Wildman–Crippen LogP) is 2.28. The van der Waals surface area contributed by atoms with Gasteiger partial charge in [-0.1, -0.05) is 6.92 Å². The number of carbonyl (C=O) groups is 2. The van der Waals surface area contributed by atoms with E-state index in [0.717, 1.165) is 19.6 Å². The molecule has 2 atom stereocenters. The van der Waals surface area contributed by atoms with E-state index in [1.165, 1.54) is 12.8 Å². The minimum Gasteiger partial charge on any atom is -0.351 e. The zero-order valence-corrected chi connectivity index (χ0v) is 17.0. The molecule has 6 nitrogen and oxygen atoms in total. The highest BCUT2D eigenvalue weighted by Crippen LogP contribution is 2.12. The van der Waals surface area contributed by atoms with Crippen molar-refractivity contribution in [3.63, 3.8) is 0 Å². The molecule has 1 aromatic carbocycles. The quantitative estimate of drug-likeness (QED) is 0.650. The van der Waals surface area contributed by atoms with E-state index in [-0.39, 0.29) is 48.6 Å². The predicted molar refractivity (Wildman–Crippen MR) is 110 cm³/mol. The van der Waals surface area contributed by atoms with Gasteiger partial charge in [-0.15, -0.1) is 24.8 Å². The van der Waals surface area contributed by atoms with Gasteiger partial charge in [0.15, 0.2) is 0 Å². The summed E-state index contributed by atoms with van der Waals surface area (Å²) in [4.78, 5) is 26.4. The largest absolute Gasteiger partial charge is 0.351 e. The van der Waals surface area contributed by atoms with Gasteiger partial charge in [-0.25, -0.2) is 0 Å². The van der Waals surface area contributed by atoms with Crippen LogP contribution in [-0.4, -0.2) is 48.9 Å². The highest BCUT2D eigenvalue weighted by Gasteiger charge is 2.17. The highest BCUT2D eigenvalue weighted by molar-refractivity contribution is 5.96. The van der Waals surface area contributed by atoms with Gasteiger partial charge >= 0.3 is 0 Å². The lowest BCUT2D eigenvalue weighted by Gasteiger charge is -2.16. The third-order valence-corrected chi connectivity index (χ3v) is 4.53. The van der Waals surface area contributed by atoms with Crippen LogP contribution < -0.4 is 16.4 Å². The maximum absolute atomic E-state index is 12.1. The zero-order chi connectivity index (χ0) is 17.5. The number of halogens is 2. The summed E-state index contributed by atoms with van der Waals surface area (Å²) in [6.07, 6.45) is 2.51. The van der Waals surface area contributed by atoms with E-state index in [0.29, 0.717) is 17.8 Å². The van der Waals surface area contributed by atoms with Crippen LogP contribution in [0.5, 0.6) is 0 Å². The van der Waals surface area contributed by atoms with Crippen molar-refractivity contribution >= 4 is 42.3 Å². The highest BCUT2D eigenvalue weighted by atomic mass is 35.5. The molecule has 148 valence electrons. The summed E-state index contributed by atoms with van der Waals surface area (Å²) < 4.78 is 0. The average molecular weight is 405 g/mol. The lowest BCUT2D eigenvalue weighted by atomic mass is 10.0. The molecule has 1 aromatic rings. The fraction of sp³-hybridized carbons (Fsp3) is 0.556. The van der Waals surface area contributed by atoms with Crippen molar-refractivity contribution < 1.29 is 9.59 Å². The van der Waals surface area contributed by atoms with E-state index in [4.69, 9.17) is 5.73 Å². The molecular weight excluding hydrogens is 375 g/mol. The third-order valence-electron chi connectivity index (χ3n) is 4.53. The van der Waals surface area contributed by atoms with Gasteiger partial charge in [-0.2, -0.15) is 0 Å². The van der Waals surface area contributed by atoms with E-state index in [1.807, 2.05) is 0 Å². The van der Waals surface area contributed by atoms with E-state index >= 15 is 0 Å². The maximum Gasteiger partial charge on any atom is 0.251 e. The Morgan fingerprint density at radius 2 is 1.69 bits per heavy atom. The Bertz CT molecular complexity index is 561. The summed E-state index contributed by atoms with van der Waals surface area (Å²) >= 11 is 0. The van der Waals surface area contributed by atoms with E-state index in [2.05, 4.69) is 15.5 Å². The molecule has 1 heterocycles. The molecule has 26 heavy (non-hydrogen) atoms. The average Bonchev–Trinajstić information content (AvgIpc) is 3.08. The molecule has 0 bridgehead atoms. The van der Waals surface area contributed by atoms with Gasteiger partial charge in [0.2, 0.25) is 5.91 Å². The molecule has 2 unspecified atom stereocenters. The Morgan fingerprint density at radius 3 is 2.23 bits per heavy atom. The molecule has 1 saturated heterocycles. The van der Waals surface area contributed by atoms with Crippen LogP contribution in [0.15, 0.2) is 24.3 Å². The van der Waals surface area contributed by atoms with Crippen LogP contribution in [0.4, 0.5) is 5.69 Å². The number of nitrogens with two attached hydrogens (primary N) is 1. The fourth-order valence-electron chi connectivity index (χ4n) is 2.64. The summed E-state index contributed by atoms with van der Waals surface area (Å²) in [5.74, 6) is -0.470. The molecule has 1 fully saturated rings. The van der Waals surface area contributed by atoms with Crippen molar-refractivity contribution in [2.75, 3.05) is 31.5 Å². The molecule has 2 amide bonds. The number of amides is 2. The second kappa shape index (κ2) is 12.1. The monoisotopic (exact) mass is 404 g/mol. The molecule has 0 saturated carbocycles. The maximum atomic E-state index is 12.1. The van der Waals surface area contributed by atoms with E-state index in [9.17, 15) is 9.59 Å². The van der Waals surface area contributed by atoms with Crippen molar-refractivity contribution in [1.29, 1.82) is 0 Å². The molecule has 0 radical (unpaired) electrons. The number of nitrogens with one attached hydrogen (secondary N) is 2. The number of nitrogens with zero attached hydrogens (tertiary/aromatic N) is 1. The first kappa shape index (κ1) is 24.7. The Kier molecular flexibility index (Phi) is 11.5. The lowest BCUT2D eigenvalue weighted by molar-refractivity contribution is -0.119. The Morgan fingerprint density at radius 1 is 1.12 bits per heavy atom. The number of rotatable bonds is 7. The summed E-state index contributed by atoms with van der Waals surface area (Å²) in [5.41, 5.74) is 6.99. The smallest absolute Gasteiger partial charge is 0.251 e. The first-order valence-electron chi connectivity index (χ1n) is 8.64. The molecule has 1 aliphatic heterocycles. The first-order valence-corrected chi connectivity index (χ1v) is 8.64. The second-order valence-electron chi connectivity index (χ2n) is 6.52. The van der Waals surface area contributed by atoms with Crippen LogP contribution in [0.3, 0.4) is 0 Å². The Labute approximate surface area is 168 Å². The van der Waals surface area contributed by atoms with Crippen LogP contribution in [-0.2, 0) is 4.79 Å². The van der Waals surface area contributed by atoms with Crippen LogP contribution in [0.2, 0.25) is 0 Å². The minimum atomic E-state index is -0.265. The number of hydrogen-bond donors (Lipinski definition) is 3. The molecule has 4 N–H and O–H groups in total. The summed E-state index contributed by atoms with van der Waals surface area (Å²) in [7, 11) is 0. The fourth-order valence-corrected chi connectivity index (χ4v) is 2.64. The molecule has 8 heteroatoms. The minimum absolute atomic E-state index is 0. The van der Waals surface area contributed by atoms with E-state index < -0.39 is 0 Å². The van der Waals surface area contributed by atoms with Crippen molar-refractivity contribution in [1.82, 2.24) is 10.2 Å². The van der Waals surface area contributed by atoms with Gasteiger partial charge in [0.25, 0.3) is 5.91 Å². The van der Waals surface area contributed by atoms with Crippen LogP contribution in [0, 0.1) is 5.92 Å². The summed E-state index contributed by atoms with van der Waals surface area (Å²) in [6, 6.07) is 6.71. The number of likely N-dealkylation sites (tertiary alicyclic amines) is 1. The molecule has 0 aliphatic carbocycles. The van der Waals surface area contributed by atoms with Crippen molar-refractivity contribution in [2.24, 2.45) is 11.7 Å². The van der Waals surface area contributed by atoms with Gasteiger partial charge in [0, 0.05) is 30.4 Å². The molecule has 2 rings (SSSR count). The number of benzene rings is 1. The number of carbonyl (C=O) groups excluding carboxylic acids is 2. The molecule has 0 spiro atoms. The van der Waals surface area contributed by atoms with Crippen molar-refractivity contribution in [3.05, 3.63) is 29.8 Å². The second-order valence-corrected chi connectivity index (χ2v) is 6.52. The van der Waals surface area contributed by atoms with Gasteiger partial charge in [0.05, 0.1) is 5.92 Å². The lowest BCUT2D eigenvalue weighted by Crippen LogP contribution is -2.34. The topological polar surface area (TPSA) is 87.5 Å². The van der Waals surface area contributed by atoms with Crippen LogP contribution in [0.1, 0.15) is 37.0 Å². The third kappa shape index (κ3) is 7.50. The van der Waals surface area contributed by atoms with E-state index in [1.54, 1.807) is 38.1 Å². The van der Waals surface area contributed by atoms with Crippen molar-refractivity contribution in [2.45, 2.75) is 32.7 Å². The Hall–Kier alpha value is -1.34. The molecule has 0 aromatic heterocycles. The standard InChI is InChI=1S/C18H28N4O2.2ClH/c1-13(14(2)19)17(23)21-16-7-5-15(6-8-16)18(24)20-9-12-22-10-3-4-11-22;;/h5-8,13-14H,3-4,9-12,19H2,1-2H3,(H,20,24)(H,21,23);2*1H.